The minimum Gasteiger partial charge on any atom is -0.383 e. The standard InChI is InChI=1S/C23H38FN5/c1-7-10-19-18(9-3)23(19,6)29-22(25)20(24)14-26-16(5)17-11-21(28-13-17)27-12-15(4)8-2/h8,12-14,16,18-19,21,28-29H,7,9-11,25H2,1-6H3/b15-8-,22-20-,26-14-,27-12-/t16?,18?,19-,21?,23-/m1/s1. The van der Waals surface area contributed by atoms with Crippen molar-refractivity contribution in [2.24, 2.45) is 27.6 Å². The Hall–Kier alpha value is -2.11. The van der Waals surface area contributed by atoms with E-state index in [2.05, 4.69) is 41.4 Å². The molecular weight excluding hydrogens is 365 g/mol. The predicted octanol–water partition coefficient (Wildman–Crippen LogP) is 4.59. The second kappa shape index (κ2) is 10.1. The Morgan fingerprint density at radius 1 is 1.41 bits per heavy atom. The zero-order valence-corrected chi connectivity index (χ0v) is 18.8. The van der Waals surface area contributed by atoms with Crippen LogP contribution in [-0.4, -0.2) is 30.2 Å². The number of aliphatic imine (C=N–C) groups is 2. The van der Waals surface area contributed by atoms with Crippen LogP contribution in [0.3, 0.4) is 0 Å². The highest BCUT2D eigenvalue weighted by Gasteiger charge is 2.59. The van der Waals surface area contributed by atoms with Crippen molar-refractivity contribution in [2.75, 3.05) is 0 Å². The van der Waals surface area contributed by atoms with Gasteiger partial charge in [-0.1, -0.05) is 32.8 Å². The monoisotopic (exact) mass is 403 g/mol. The molecule has 0 aromatic rings. The summed E-state index contributed by atoms with van der Waals surface area (Å²) in [7, 11) is 0. The van der Waals surface area contributed by atoms with Gasteiger partial charge in [0, 0.05) is 18.2 Å². The highest BCUT2D eigenvalue weighted by atomic mass is 19.1. The lowest BCUT2D eigenvalue weighted by atomic mass is 10.1. The van der Waals surface area contributed by atoms with Crippen LogP contribution in [-0.2, 0) is 0 Å². The lowest BCUT2D eigenvalue weighted by Gasteiger charge is -2.17. The van der Waals surface area contributed by atoms with Crippen molar-refractivity contribution in [3.05, 3.63) is 35.1 Å². The molecule has 1 aliphatic heterocycles. The molecule has 6 heteroatoms. The third kappa shape index (κ3) is 5.71. The summed E-state index contributed by atoms with van der Waals surface area (Å²) < 4.78 is 14.5. The van der Waals surface area contributed by atoms with E-state index < -0.39 is 5.83 Å². The van der Waals surface area contributed by atoms with Crippen LogP contribution in [0.1, 0.15) is 67.2 Å². The molecule has 1 fully saturated rings. The Morgan fingerprint density at radius 3 is 2.76 bits per heavy atom. The van der Waals surface area contributed by atoms with E-state index in [-0.39, 0.29) is 23.6 Å². The maximum Gasteiger partial charge on any atom is 0.180 e. The summed E-state index contributed by atoms with van der Waals surface area (Å²) in [4.78, 5) is 8.88. The molecule has 162 valence electrons. The summed E-state index contributed by atoms with van der Waals surface area (Å²) in [6.07, 6.45) is 11.2. The summed E-state index contributed by atoms with van der Waals surface area (Å²) in [5, 5.41) is 6.48. The van der Waals surface area contributed by atoms with Crippen molar-refractivity contribution in [2.45, 2.75) is 85.0 Å². The van der Waals surface area contributed by atoms with Crippen LogP contribution >= 0.6 is 0 Å². The maximum absolute atomic E-state index is 14.5. The molecule has 5 nitrogen and oxygen atoms in total. The van der Waals surface area contributed by atoms with Crippen molar-refractivity contribution >= 4 is 12.4 Å². The van der Waals surface area contributed by atoms with E-state index in [9.17, 15) is 4.39 Å². The minimum absolute atomic E-state index is 0.0148. The molecule has 0 spiro atoms. The van der Waals surface area contributed by atoms with Crippen LogP contribution < -0.4 is 16.4 Å². The van der Waals surface area contributed by atoms with Crippen LogP contribution in [0, 0.1) is 11.8 Å². The smallest absolute Gasteiger partial charge is 0.180 e. The largest absolute Gasteiger partial charge is 0.383 e. The van der Waals surface area contributed by atoms with Crippen molar-refractivity contribution < 1.29 is 4.39 Å². The Bertz CT molecular complexity index is 721. The molecular formula is C23H38FN5. The van der Waals surface area contributed by atoms with E-state index in [1.165, 1.54) is 6.21 Å². The van der Waals surface area contributed by atoms with Gasteiger partial charge in [0.1, 0.15) is 12.0 Å². The maximum atomic E-state index is 14.5. The first kappa shape index (κ1) is 23.2. The number of nitrogens with one attached hydrogen (secondary N) is 2. The van der Waals surface area contributed by atoms with Crippen molar-refractivity contribution in [3.8, 4) is 0 Å². The molecule has 1 aliphatic carbocycles. The van der Waals surface area contributed by atoms with Crippen LogP contribution in [0.15, 0.2) is 45.1 Å². The molecule has 0 saturated heterocycles. The van der Waals surface area contributed by atoms with E-state index in [4.69, 9.17) is 5.73 Å². The van der Waals surface area contributed by atoms with E-state index in [1.54, 1.807) is 0 Å². The Morgan fingerprint density at radius 2 is 2.14 bits per heavy atom. The van der Waals surface area contributed by atoms with Crippen molar-refractivity contribution in [1.82, 2.24) is 10.6 Å². The number of halogens is 1. The fraction of sp³-hybridized carbons (Fsp3) is 0.652. The molecule has 4 N–H and O–H groups in total. The first-order valence-electron chi connectivity index (χ1n) is 10.8. The average Bonchev–Trinajstić information content (AvgIpc) is 3.04. The molecule has 0 aromatic heterocycles. The van der Waals surface area contributed by atoms with Gasteiger partial charge in [0.2, 0.25) is 0 Å². The normalized spacial score (nSPS) is 31.6. The van der Waals surface area contributed by atoms with E-state index >= 15 is 0 Å². The minimum atomic E-state index is -0.500. The SMILES string of the molecule is C/C=C(C)\C=N/C1CC(C(C)/N=C\C(F)=C(/N)N[C@]2(C)C(CC)[C@H]2CCC)=CN1. The Labute approximate surface area is 175 Å². The number of allylic oxidation sites excluding steroid dienone is 3. The van der Waals surface area contributed by atoms with Crippen LogP contribution in [0.2, 0.25) is 0 Å². The molecule has 0 bridgehead atoms. The van der Waals surface area contributed by atoms with Gasteiger partial charge in [0.25, 0.3) is 0 Å². The summed E-state index contributed by atoms with van der Waals surface area (Å²) in [5.41, 5.74) is 8.12. The second-order valence-electron chi connectivity index (χ2n) is 8.45. The number of hydrogen-bond donors (Lipinski definition) is 3. The van der Waals surface area contributed by atoms with Gasteiger partial charge in [-0.2, -0.15) is 0 Å². The molecule has 2 rings (SSSR count). The predicted molar refractivity (Wildman–Crippen MR) is 122 cm³/mol. The number of nitrogens with two attached hydrogens (primary N) is 1. The Balaban J connectivity index is 1.92. The van der Waals surface area contributed by atoms with Crippen LogP contribution in [0.4, 0.5) is 4.39 Å². The molecule has 1 saturated carbocycles. The topological polar surface area (TPSA) is 74.8 Å². The van der Waals surface area contributed by atoms with E-state index in [0.29, 0.717) is 11.8 Å². The van der Waals surface area contributed by atoms with Gasteiger partial charge in [0.15, 0.2) is 5.83 Å². The second-order valence-corrected chi connectivity index (χ2v) is 8.45. The first-order valence-corrected chi connectivity index (χ1v) is 10.8. The molecule has 0 amide bonds. The molecule has 1 heterocycles. The van der Waals surface area contributed by atoms with Gasteiger partial charge < -0.3 is 16.4 Å². The molecule has 0 aromatic carbocycles. The molecule has 29 heavy (non-hydrogen) atoms. The molecule has 2 aliphatic rings. The lowest BCUT2D eigenvalue weighted by Crippen LogP contribution is -2.35. The first-order chi connectivity index (χ1) is 13.8. The zero-order valence-electron chi connectivity index (χ0n) is 18.8. The number of rotatable bonds is 10. The Kier molecular flexibility index (Phi) is 8.05. The molecule has 3 unspecified atom stereocenters. The fourth-order valence-corrected chi connectivity index (χ4v) is 4.31. The number of nitrogens with zero attached hydrogens (tertiary/aromatic N) is 2. The quantitative estimate of drug-likeness (QED) is 0.467. The van der Waals surface area contributed by atoms with Gasteiger partial charge in [-0.25, -0.2) is 4.39 Å². The van der Waals surface area contributed by atoms with Gasteiger partial charge >= 0.3 is 0 Å². The fourth-order valence-electron chi connectivity index (χ4n) is 4.31. The molecule has 5 atom stereocenters. The van der Waals surface area contributed by atoms with E-state index in [0.717, 1.165) is 36.8 Å². The highest BCUT2D eigenvalue weighted by Crippen LogP contribution is 2.55. The third-order valence-corrected chi connectivity index (χ3v) is 6.37. The summed E-state index contributed by atoms with van der Waals surface area (Å²) in [6.45, 7) is 12.5. The summed E-state index contributed by atoms with van der Waals surface area (Å²) in [6, 6.07) is -0.128. The van der Waals surface area contributed by atoms with Gasteiger partial charge in [-0.15, -0.1) is 0 Å². The van der Waals surface area contributed by atoms with Crippen molar-refractivity contribution in [1.29, 1.82) is 0 Å². The summed E-state index contributed by atoms with van der Waals surface area (Å²) in [5.74, 6) is 0.685. The van der Waals surface area contributed by atoms with Gasteiger partial charge in [-0.3, -0.25) is 9.98 Å². The highest BCUT2D eigenvalue weighted by molar-refractivity contribution is 5.78. The van der Waals surface area contributed by atoms with Gasteiger partial charge in [-0.05, 0) is 63.3 Å². The van der Waals surface area contributed by atoms with Crippen molar-refractivity contribution in [3.63, 3.8) is 0 Å². The number of hydrogen-bond acceptors (Lipinski definition) is 5. The van der Waals surface area contributed by atoms with Crippen LogP contribution in [0.5, 0.6) is 0 Å². The average molecular weight is 404 g/mol. The lowest BCUT2D eigenvalue weighted by molar-refractivity contribution is 0.494. The zero-order chi connectivity index (χ0) is 21.6. The summed E-state index contributed by atoms with van der Waals surface area (Å²) >= 11 is 0. The molecule has 0 radical (unpaired) electrons. The third-order valence-electron chi connectivity index (χ3n) is 6.37. The van der Waals surface area contributed by atoms with E-state index in [1.807, 2.05) is 39.3 Å². The van der Waals surface area contributed by atoms with Gasteiger partial charge in [0.05, 0.1) is 12.3 Å². The van der Waals surface area contributed by atoms with Crippen LogP contribution in [0.25, 0.3) is 0 Å².